The molecule has 2 N–H and O–H groups in total. The Bertz CT molecular complexity index is 1310. The number of ether oxygens (including phenoxy) is 2. The Labute approximate surface area is 179 Å². The number of Topliss-reactive ketones (excluding diaryl/α,β-unsaturated/α-hetero) is 1. The number of ketones is 1. The van der Waals surface area contributed by atoms with Crippen molar-refractivity contribution in [3.8, 4) is 16.9 Å². The first-order valence-electron chi connectivity index (χ1n) is 9.40. The minimum absolute atomic E-state index is 0.110. The van der Waals surface area contributed by atoms with Gasteiger partial charge >= 0.3 is 5.97 Å². The van der Waals surface area contributed by atoms with Crippen molar-refractivity contribution >= 4 is 21.8 Å². The molecule has 0 saturated heterocycles. The van der Waals surface area contributed by atoms with Gasteiger partial charge in [0, 0.05) is 5.56 Å². The Morgan fingerprint density at radius 3 is 2.45 bits per heavy atom. The second kappa shape index (κ2) is 7.98. The minimum atomic E-state index is -4.02. The van der Waals surface area contributed by atoms with Gasteiger partial charge in [0.05, 0.1) is 12.0 Å². The van der Waals surface area contributed by atoms with E-state index in [1.807, 2.05) is 24.3 Å². The third-order valence-corrected chi connectivity index (χ3v) is 6.09. The predicted molar refractivity (Wildman–Crippen MR) is 114 cm³/mol. The molecule has 3 aromatic rings. The van der Waals surface area contributed by atoms with E-state index in [1.54, 1.807) is 12.1 Å². The van der Waals surface area contributed by atoms with Gasteiger partial charge in [-0.2, -0.15) is 0 Å². The fourth-order valence-electron chi connectivity index (χ4n) is 3.61. The number of primary sulfonamides is 1. The zero-order valence-electron chi connectivity index (χ0n) is 16.6. The first-order valence-corrected chi connectivity index (χ1v) is 10.9. The molecule has 4 rings (SSSR count). The summed E-state index contributed by atoms with van der Waals surface area (Å²) in [6.07, 6.45) is 0.815. The molecule has 0 amide bonds. The van der Waals surface area contributed by atoms with Crippen LogP contribution in [0.1, 0.15) is 31.8 Å². The molecule has 0 fully saturated rings. The average molecular weight is 437 g/mol. The lowest BCUT2D eigenvalue weighted by molar-refractivity contribution is 0.0471. The molecule has 1 aliphatic rings. The Hall–Kier alpha value is -3.49. The number of nitrogens with two attached hydrogens (primary N) is 1. The van der Waals surface area contributed by atoms with Crippen LogP contribution in [-0.2, 0) is 21.2 Å². The SMILES string of the molecule is COc1ccc(S(N)(=O)=O)cc1C(=O)OCC(=O)c1ccc2c(c1)-c1ccccc1C2. The number of methoxy groups -OCH3 is 1. The Kier molecular flexibility index (Phi) is 5.34. The minimum Gasteiger partial charge on any atom is -0.496 e. The summed E-state index contributed by atoms with van der Waals surface area (Å²) < 4.78 is 33.4. The molecule has 158 valence electrons. The van der Waals surface area contributed by atoms with Crippen LogP contribution in [0.2, 0.25) is 0 Å². The van der Waals surface area contributed by atoms with Gasteiger partial charge in [0.2, 0.25) is 10.0 Å². The van der Waals surface area contributed by atoms with Crippen molar-refractivity contribution in [1.29, 1.82) is 0 Å². The van der Waals surface area contributed by atoms with E-state index in [0.29, 0.717) is 5.56 Å². The molecule has 0 aliphatic heterocycles. The number of hydrogen-bond donors (Lipinski definition) is 1. The fourth-order valence-corrected chi connectivity index (χ4v) is 4.15. The standard InChI is InChI=1S/C23H19NO6S/c1-29-22-9-8-17(31(24,27)28)12-20(22)23(26)30-13-21(25)16-7-6-15-10-14-4-2-3-5-18(14)19(15)11-16/h2-9,11-12H,10,13H2,1H3,(H2,24,27,28). The predicted octanol–water partition coefficient (Wildman–Crippen LogP) is 2.95. The van der Waals surface area contributed by atoms with Gasteiger partial charge in [0.1, 0.15) is 11.3 Å². The molecule has 0 unspecified atom stereocenters. The highest BCUT2D eigenvalue weighted by atomic mass is 32.2. The van der Waals surface area contributed by atoms with Gasteiger partial charge in [0.15, 0.2) is 12.4 Å². The zero-order chi connectivity index (χ0) is 22.2. The monoisotopic (exact) mass is 437 g/mol. The summed E-state index contributed by atoms with van der Waals surface area (Å²) in [6.45, 7) is -0.498. The highest BCUT2D eigenvalue weighted by Gasteiger charge is 2.22. The number of esters is 1. The average Bonchev–Trinajstić information content (AvgIpc) is 3.14. The Balaban J connectivity index is 1.52. The van der Waals surface area contributed by atoms with Gasteiger partial charge in [-0.25, -0.2) is 18.4 Å². The lowest BCUT2D eigenvalue weighted by atomic mass is 10.0. The van der Waals surface area contributed by atoms with E-state index < -0.39 is 22.6 Å². The van der Waals surface area contributed by atoms with E-state index in [9.17, 15) is 18.0 Å². The van der Waals surface area contributed by atoms with Crippen molar-refractivity contribution in [2.24, 2.45) is 5.14 Å². The molecular formula is C23H19NO6S. The molecular weight excluding hydrogens is 418 g/mol. The number of hydrogen-bond acceptors (Lipinski definition) is 6. The molecule has 7 nitrogen and oxygen atoms in total. The summed E-state index contributed by atoms with van der Waals surface area (Å²) in [7, 11) is -2.69. The molecule has 0 heterocycles. The third-order valence-electron chi connectivity index (χ3n) is 5.17. The molecule has 3 aromatic carbocycles. The van der Waals surface area contributed by atoms with E-state index in [-0.39, 0.29) is 22.0 Å². The summed E-state index contributed by atoms with van der Waals surface area (Å²) in [5, 5.41) is 5.12. The summed E-state index contributed by atoms with van der Waals surface area (Å²) >= 11 is 0. The van der Waals surface area contributed by atoms with Crippen molar-refractivity contribution < 1.29 is 27.5 Å². The molecule has 0 radical (unpaired) electrons. The van der Waals surface area contributed by atoms with E-state index in [0.717, 1.165) is 29.2 Å². The van der Waals surface area contributed by atoms with Crippen molar-refractivity contribution in [1.82, 2.24) is 0 Å². The van der Waals surface area contributed by atoms with Crippen LogP contribution >= 0.6 is 0 Å². The van der Waals surface area contributed by atoms with E-state index in [1.165, 1.54) is 24.8 Å². The molecule has 0 aromatic heterocycles. The molecule has 1 aliphatic carbocycles. The molecule has 31 heavy (non-hydrogen) atoms. The topological polar surface area (TPSA) is 113 Å². The van der Waals surface area contributed by atoms with Gasteiger partial charge in [0.25, 0.3) is 0 Å². The van der Waals surface area contributed by atoms with Crippen LogP contribution in [0.15, 0.2) is 65.6 Å². The van der Waals surface area contributed by atoms with Crippen LogP contribution < -0.4 is 9.88 Å². The van der Waals surface area contributed by atoms with Gasteiger partial charge in [-0.1, -0.05) is 36.4 Å². The highest BCUT2D eigenvalue weighted by molar-refractivity contribution is 7.89. The van der Waals surface area contributed by atoms with Gasteiger partial charge in [-0.05, 0) is 52.9 Å². The van der Waals surface area contributed by atoms with Gasteiger partial charge < -0.3 is 9.47 Å². The number of benzene rings is 3. The van der Waals surface area contributed by atoms with Crippen LogP contribution in [-0.4, -0.2) is 33.9 Å². The number of sulfonamides is 1. The number of carbonyl (C=O) groups is 2. The number of rotatable bonds is 6. The summed E-state index contributed by atoms with van der Waals surface area (Å²) in [6, 6.07) is 17.0. The van der Waals surface area contributed by atoms with Gasteiger partial charge in [-0.3, -0.25) is 4.79 Å². The molecule has 8 heteroatoms. The molecule has 0 saturated carbocycles. The maximum absolute atomic E-state index is 12.6. The van der Waals surface area contributed by atoms with Crippen LogP contribution in [0, 0.1) is 0 Å². The first-order chi connectivity index (χ1) is 14.8. The second-order valence-corrected chi connectivity index (χ2v) is 8.67. The van der Waals surface area contributed by atoms with Crippen LogP contribution in [0.25, 0.3) is 11.1 Å². The van der Waals surface area contributed by atoms with E-state index in [2.05, 4.69) is 6.07 Å². The van der Waals surface area contributed by atoms with Gasteiger partial charge in [-0.15, -0.1) is 0 Å². The lowest BCUT2D eigenvalue weighted by Gasteiger charge is -2.10. The summed E-state index contributed by atoms with van der Waals surface area (Å²) in [4.78, 5) is 24.9. The second-order valence-electron chi connectivity index (χ2n) is 7.11. The zero-order valence-corrected chi connectivity index (χ0v) is 17.4. The van der Waals surface area contributed by atoms with Crippen molar-refractivity contribution in [2.75, 3.05) is 13.7 Å². The van der Waals surface area contributed by atoms with Crippen LogP contribution in [0.4, 0.5) is 0 Å². The largest absolute Gasteiger partial charge is 0.496 e. The Morgan fingerprint density at radius 2 is 1.71 bits per heavy atom. The normalized spacial score (nSPS) is 12.1. The summed E-state index contributed by atoms with van der Waals surface area (Å²) in [5.41, 5.74) is 4.72. The quantitative estimate of drug-likeness (QED) is 0.367. The fraction of sp³-hybridized carbons (Fsp3) is 0.130. The smallest absolute Gasteiger partial charge is 0.342 e. The molecule has 0 bridgehead atoms. The van der Waals surface area contributed by atoms with Crippen molar-refractivity contribution in [3.05, 3.63) is 82.9 Å². The van der Waals surface area contributed by atoms with E-state index >= 15 is 0 Å². The molecule has 0 atom stereocenters. The molecule has 0 spiro atoms. The third kappa shape index (κ3) is 4.08. The number of carbonyl (C=O) groups excluding carboxylic acids is 2. The first kappa shape index (κ1) is 20.8. The maximum atomic E-state index is 12.6. The van der Waals surface area contributed by atoms with Crippen LogP contribution in [0.3, 0.4) is 0 Å². The Morgan fingerprint density at radius 1 is 0.968 bits per heavy atom. The van der Waals surface area contributed by atoms with E-state index in [4.69, 9.17) is 14.6 Å². The number of fused-ring (bicyclic) bond motifs is 3. The highest BCUT2D eigenvalue weighted by Crippen LogP contribution is 2.36. The van der Waals surface area contributed by atoms with Crippen LogP contribution in [0.5, 0.6) is 5.75 Å². The maximum Gasteiger partial charge on any atom is 0.342 e. The lowest BCUT2D eigenvalue weighted by Crippen LogP contribution is -2.17. The van der Waals surface area contributed by atoms with Crippen molar-refractivity contribution in [3.63, 3.8) is 0 Å². The van der Waals surface area contributed by atoms with Crippen molar-refractivity contribution in [2.45, 2.75) is 11.3 Å². The summed E-state index contributed by atoms with van der Waals surface area (Å²) in [5.74, 6) is -1.15.